The average Bonchev–Trinajstić information content (AvgIpc) is 3.18. The first-order valence-electron chi connectivity index (χ1n) is 9.45. The van der Waals surface area contributed by atoms with Crippen LogP contribution in [-0.4, -0.2) is 74.2 Å². The van der Waals surface area contributed by atoms with Gasteiger partial charge in [-0.2, -0.15) is 4.31 Å². The minimum Gasteiger partial charge on any atom is -0.339 e. The Morgan fingerprint density at radius 3 is 2.41 bits per heavy atom. The maximum absolute atomic E-state index is 13.3. The fourth-order valence-corrected chi connectivity index (χ4v) is 5.66. The van der Waals surface area contributed by atoms with Gasteiger partial charge in [0.25, 0.3) is 0 Å². The second-order valence-electron chi connectivity index (χ2n) is 7.41. The summed E-state index contributed by atoms with van der Waals surface area (Å²) in [6.07, 6.45) is 1.31. The number of carbonyl (C=O) groups excluding carboxylic acids is 1. The SMILES string of the molecule is CN1CCN(C(=O)[C@@H]2CCCN2S(=O)(=O)c2ccc3ccccc3c2)CC1. The van der Waals surface area contributed by atoms with Gasteiger partial charge >= 0.3 is 0 Å². The molecule has 2 aliphatic heterocycles. The highest BCUT2D eigenvalue weighted by molar-refractivity contribution is 7.89. The molecule has 2 saturated heterocycles. The predicted molar refractivity (Wildman–Crippen MR) is 105 cm³/mol. The molecule has 144 valence electrons. The molecule has 27 heavy (non-hydrogen) atoms. The van der Waals surface area contributed by atoms with Crippen LogP contribution in [0, 0.1) is 0 Å². The number of sulfonamides is 1. The molecule has 0 aromatic heterocycles. The molecule has 6 nitrogen and oxygen atoms in total. The van der Waals surface area contributed by atoms with Crippen molar-refractivity contribution < 1.29 is 13.2 Å². The fraction of sp³-hybridized carbons (Fsp3) is 0.450. The van der Waals surface area contributed by atoms with Crippen molar-refractivity contribution in [3.63, 3.8) is 0 Å². The highest BCUT2D eigenvalue weighted by atomic mass is 32.2. The van der Waals surface area contributed by atoms with Crippen LogP contribution in [0.15, 0.2) is 47.4 Å². The molecule has 0 radical (unpaired) electrons. The van der Waals surface area contributed by atoms with Crippen LogP contribution >= 0.6 is 0 Å². The van der Waals surface area contributed by atoms with Gasteiger partial charge in [0.15, 0.2) is 0 Å². The minimum absolute atomic E-state index is 0.0510. The monoisotopic (exact) mass is 387 g/mol. The van der Waals surface area contributed by atoms with Gasteiger partial charge in [-0.1, -0.05) is 30.3 Å². The first kappa shape index (κ1) is 18.4. The first-order chi connectivity index (χ1) is 13.0. The quantitative estimate of drug-likeness (QED) is 0.805. The van der Waals surface area contributed by atoms with Crippen molar-refractivity contribution in [3.8, 4) is 0 Å². The summed E-state index contributed by atoms with van der Waals surface area (Å²) in [4.78, 5) is 17.3. The zero-order chi connectivity index (χ0) is 19.0. The molecular formula is C20H25N3O3S. The van der Waals surface area contributed by atoms with Crippen molar-refractivity contribution in [2.24, 2.45) is 0 Å². The highest BCUT2D eigenvalue weighted by Gasteiger charge is 2.41. The van der Waals surface area contributed by atoms with Crippen LogP contribution in [0.4, 0.5) is 0 Å². The Kier molecular flexibility index (Phi) is 4.92. The number of carbonyl (C=O) groups is 1. The van der Waals surface area contributed by atoms with Crippen molar-refractivity contribution in [1.29, 1.82) is 0 Å². The highest BCUT2D eigenvalue weighted by Crippen LogP contribution is 2.29. The molecule has 0 bridgehead atoms. The third-order valence-electron chi connectivity index (χ3n) is 5.63. The summed E-state index contributed by atoms with van der Waals surface area (Å²) in [5, 5.41) is 1.89. The Balaban J connectivity index is 1.60. The first-order valence-corrected chi connectivity index (χ1v) is 10.9. The van der Waals surface area contributed by atoms with Gasteiger partial charge < -0.3 is 9.80 Å². The lowest BCUT2D eigenvalue weighted by Crippen LogP contribution is -2.53. The molecule has 2 aromatic carbocycles. The van der Waals surface area contributed by atoms with Crippen molar-refractivity contribution in [2.45, 2.75) is 23.8 Å². The number of fused-ring (bicyclic) bond motifs is 1. The molecule has 2 aliphatic rings. The van der Waals surface area contributed by atoms with Gasteiger partial charge in [-0.15, -0.1) is 0 Å². The van der Waals surface area contributed by atoms with E-state index < -0.39 is 16.1 Å². The fourth-order valence-electron chi connectivity index (χ4n) is 3.98. The van der Waals surface area contributed by atoms with E-state index in [4.69, 9.17) is 0 Å². The van der Waals surface area contributed by atoms with Crippen LogP contribution in [-0.2, 0) is 14.8 Å². The largest absolute Gasteiger partial charge is 0.339 e. The van der Waals surface area contributed by atoms with Gasteiger partial charge in [-0.05, 0) is 42.8 Å². The predicted octanol–water partition coefficient (Wildman–Crippen LogP) is 1.77. The summed E-state index contributed by atoms with van der Waals surface area (Å²) >= 11 is 0. The Morgan fingerprint density at radius 1 is 0.963 bits per heavy atom. The van der Waals surface area contributed by atoms with Crippen LogP contribution in [0.2, 0.25) is 0 Å². The second kappa shape index (κ2) is 7.22. The lowest BCUT2D eigenvalue weighted by molar-refractivity contribution is -0.136. The minimum atomic E-state index is -3.70. The van der Waals surface area contributed by atoms with Crippen molar-refractivity contribution in [3.05, 3.63) is 42.5 Å². The van der Waals surface area contributed by atoms with E-state index >= 15 is 0 Å². The molecular weight excluding hydrogens is 362 g/mol. The summed E-state index contributed by atoms with van der Waals surface area (Å²) in [7, 11) is -1.66. The number of rotatable bonds is 3. The second-order valence-corrected chi connectivity index (χ2v) is 9.30. The summed E-state index contributed by atoms with van der Waals surface area (Å²) in [6, 6.07) is 12.3. The molecule has 0 spiro atoms. The van der Waals surface area contributed by atoms with E-state index in [-0.39, 0.29) is 10.8 Å². The molecule has 7 heteroatoms. The number of piperazine rings is 1. The Labute approximate surface area is 160 Å². The summed E-state index contributed by atoms with van der Waals surface area (Å²) in [5.74, 6) is -0.0510. The van der Waals surface area contributed by atoms with Gasteiger partial charge in [0, 0.05) is 32.7 Å². The lowest BCUT2D eigenvalue weighted by Gasteiger charge is -2.35. The molecule has 0 unspecified atom stereocenters. The van der Waals surface area contributed by atoms with Gasteiger partial charge in [0.1, 0.15) is 6.04 Å². The normalized spacial score (nSPS) is 22.4. The molecule has 1 atom stereocenters. The van der Waals surface area contributed by atoms with Crippen molar-refractivity contribution >= 4 is 26.7 Å². The van der Waals surface area contributed by atoms with Crippen LogP contribution in [0.25, 0.3) is 10.8 Å². The standard InChI is InChI=1S/C20H25N3O3S/c1-21-11-13-22(14-12-21)20(24)19-7-4-10-23(19)27(25,26)18-9-8-16-5-2-3-6-17(16)15-18/h2-3,5-6,8-9,15,19H,4,7,10-14H2,1H3/t19-/m0/s1. The molecule has 2 aromatic rings. The number of hydrogen-bond acceptors (Lipinski definition) is 4. The molecule has 2 heterocycles. The van der Waals surface area contributed by atoms with Crippen molar-refractivity contribution in [1.82, 2.24) is 14.1 Å². The Morgan fingerprint density at radius 2 is 1.67 bits per heavy atom. The van der Waals surface area contributed by atoms with Crippen molar-refractivity contribution in [2.75, 3.05) is 39.8 Å². The maximum Gasteiger partial charge on any atom is 0.243 e. The van der Waals surface area contributed by atoms with E-state index in [0.717, 1.165) is 30.3 Å². The Hall–Kier alpha value is -1.96. The number of benzene rings is 2. The summed E-state index contributed by atoms with van der Waals surface area (Å²) < 4.78 is 28.0. The van der Waals surface area contributed by atoms with Gasteiger partial charge in [0.05, 0.1) is 4.90 Å². The number of amides is 1. The van der Waals surface area contributed by atoms with Gasteiger partial charge in [-0.25, -0.2) is 8.42 Å². The van der Waals surface area contributed by atoms with E-state index in [1.54, 1.807) is 12.1 Å². The average molecular weight is 388 g/mol. The van der Waals surface area contributed by atoms with Gasteiger partial charge in [0.2, 0.25) is 15.9 Å². The molecule has 0 aliphatic carbocycles. The van der Waals surface area contributed by atoms with Crippen LogP contribution in [0.5, 0.6) is 0 Å². The van der Waals surface area contributed by atoms with E-state index in [9.17, 15) is 13.2 Å². The van der Waals surface area contributed by atoms with E-state index in [1.165, 1.54) is 4.31 Å². The molecule has 0 N–H and O–H groups in total. The van der Waals surface area contributed by atoms with Crippen LogP contribution in [0.3, 0.4) is 0 Å². The molecule has 1 amide bonds. The Bertz CT molecular complexity index is 952. The number of likely N-dealkylation sites (N-methyl/N-ethyl adjacent to an activating group) is 1. The van der Waals surface area contributed by atoms with Gasteiger partial charge in [-0.3, -0.25) is 4.79 Å². The molecule has 4 rings (SSSR count). The number of hydrogen-bond donors (Lipinski definition) is 0. The number of nitrogens with zero attached hydrogens (tertiary/aromatic N) is 3. The summed E-state index contributed by atoms with van der Waals surface area (Å²) in [6.45, 7) is 3.39. The smallest absolute Gasteiger partial charge is 0.243 e. The molecule has 2 fully saturated rings. The van der Waals surface area contributed by atoms with E-state index in [1.807, 2.05) is 42.3 Å². The zero-order valence-corrected chi connectivity index (χ0v) is 16.4. The summed E-state index contributed by atoms with van der Waals surface area (Å²) in [5.41, 5.74) is 0. The topological polar surface area (TPSA) is 60.9 Å². The van der Waals surface area contributed by atoms with E-state index in [2.05, 4.69) is 4.90 Å². The van der Waals surface area contributed by atoms with Crippen LogP contribution in [0.1, 0.15) is 12.8 Å². The zero-order valence-electron chi connectivity index (χ0n) is 15.5. The molecule has 0 saturated carbocycles. The lowest BCUT2D eigenvalue weighted by atomic mass is 10.1. The van der Waals surface area contributed by atoms with E-state index in [0.29, 0.717) is 26.1 Å². The maximum atomic E-state index is 13.3. The third-order valence-corrected chi connectivity index (χ3v) is 7.54. The third kappa shape index (κ3) is 3.47. The van der Waals surface area contributed by atoms with Crippen LogP contribution < -0.4 is 0 Å².